The molecule has 0 aromatic heterocycles. The summed E-state index contributed by atoms with van der Waals surface area (Å²) in [5.41, 5.74) is 0.457. The largest absolute Gasteiger partial charge is 0.471 e. The van der Waals surface area contributed by atoms with Crippen LogP contribution in [0.1, 0.15) is 17.3 Å². The molecule has 0 heterocycles. The molecule has 0 bridgehead atoms. The van der Waals surface area contributed by atoms with Gasteiger partial charge in [-0.1, -0.05) is 6.07 Å². The molecule has 136 valence electrons. The Labute approximate surface area is 146 Å². The molecule has 0 aliphatic heterocycles. The van der Waals surface area contributed by atoms with Gasteiger partial charge in [0.25, 0.3) is 5.91 Å². The van der Waals surface area contributed by atoms with E-state index in [1.54, 1.807) is 5.32 Å². The number of ether oxygens (including phenoxy) is 1. The Morgan fingerprint density at radius 3 is 2.04 bits per heavy atom. The minimum absolute atomic E-state index is 0.0674. The molecule has 26 heavy (non-hydrogen) atoms. The molecule has 0 aliphatic carbocycles. The van der Waals surface area contributed by atoms with Crippen molar-refractivity contribution in [1.29, 1.82) is 0 Å². The third kappa shape index (κ3) is 5.33. The lowest BCUT2D eigenvalue weighted by Crippen LogP contribution is -2.29. The summed E-state index contributed by atoms with van der Waals surface area (Å²) in [6.45, 7) is 1.23. The third-order valence-corrected chi connectivity index (χ3v) is 3.02. The highest BCUT2D eigenvalue weighted by Crippen LogP contribution is 2.20. The van der Waals surface area contributed by atoms with Gasteiger partial charge in [0, 0.05) is 23.9 Å². The number of carbonyl (C=O) groups excluding carboxylic acids is 3. The summed E-state index contributed by atoms with van der Waals surface area (Å²) >= 11 is 0. The summed E-state index contributed by atoms with van der Waals surface area (Å²) in [5, 5.41) is 4.23. The Morgan fingerprint density at radius 2 is 1.50 bits per heavy atom. The van der Waals surface area contributed by atoms with E-state index in [1.165, 1.54) is 55.5 Å². The lowest BCUT2D eigenvalue weighted by Gasteiger charge is -2.10. The number of alkyl halides is 3. The van der Waals surface area contributed by atoms with Gasteiger partial charge in [0.2, 0.25) is 0 Å². The second kappa shape index (κ2) is 7.68. The van der Waals surface area contributed by atoms with E-state index in [2.05, 4.69) is 5.32 Å². The lowest BCUT2D eigenvalue weighted by molar-refractivity contribution is -0.167. The van der Waals surface area contributed by atoms with E-state index in [-0.39, 0.29) is 17.0 Å². The molecule has 0 radical (unpaired) electrons. The number of esters is 1. The first-order valence-electron chi connectivity index (χ1n) is 7.23. The van der Waals surface area contributed by atoms with Crippen molar-refractivity contribution in [3.05, 3.63) is 54.1 Å². The monoisotopic (exact) mass is 366 g/mol. The minimum atomic E-state index is -4.99. The molecular weight excluding hydrogens is 353 g/mol. The maximum Gasteiger partial charge on any atom is 0.471 e. The maximum absolute atomic E-state index is 12.2. The zero-order valence-corrected chi connectivity index (χ0v) is 13.4. The van der Waals surface area contributed by atoms with E-state index >= 15 is 0 Å². The van der Waals surface area contributed by atoms with Crippen LogP contribution in [0.5, 0.6) is 5.75 Å². The summed E-state index contributed by atoms with van der Waals surface area (Å²) in [5.74, 6) is -2.92. The highest BCUT2D eigenvalue weighted by molar-refractivity contribution is 6.04. The minimum Gasteiger partial charge on any atom is -0.427 e. The van der Waals surface area contributed by atoms with Gasteiger partial charge in [0.1, 0.15) is 5.75 Å². The second-order valence-electron chi connectivity index (χ2n) is 5.10. The molecule has 2 aromatic rings. The highest BCUT2D eigenvalue weighted by Gasteiger charge is 2.38. The van der Waals surface area contributed by atoms with Crippen LogP contribution in [0.3, 0.4) is 0 Å². The highest BCUT2D eigenvalue weighted by atomic mass is 19.4. The van der Waals surface area contributed by atoms with Crippen LogP contribution < -0.4 is 15.4 Å². The fraction of sp³-hybridized carbons (Fsp3) is 0.118. The summed E-state index contributed by atoms with van der Waals surface area (Å²) in [6.07, 6.45) is -4.99. The molecule has 9 heteroatoms. The van der Waals surface area contributed by atoms with Crippen molar-refractivity contribution in [2.24, 2.45) is 0 Å². The van der Waals surface area contributed by atoms with Gasteiger partial charge in [-0.15, -0.1) is 0 Å². The fourth-order valence-electron chi connectivity index (χ4n) is 1.91. The standard InChI is InChI=1S/C17H13F3N2O4/c1-10(23)26-14-4-2-3-11(9-14)15(24)21-12-5-7-13(8-6-12)22-16(25)17(18,19)20/h2-9H,1H3,(H,21,24)(H,22,25). The summed E-state index contributed by atoms with van der Waals surface area (Å²) in [7, 11) is 0. The Bertz CT molecular complexity index is 833. The van der Waals surface area contributed by atoms with Gasteiger partial charge in [0.05, 0.1) is 0 Å². The molecule has 2 amide bonds. The molecule has 2 N–H and O–H groups in total. The second-order valence-corrected chi connectivity index (χ2v) is 5.10. The number of rotatable bonds is 4. The van der Waals surface area contributed by atoms with Crippen molar-refractivity contribution in [2.45, 2.75) is 13.1 Å². The van der Waals surface area contributed by atoms with Crippen LogP contribution in [-0.4, -0.2) is 24.0 Å². The Hall–Kier alpha value is -3.36. The maximum atomic E-state index is 12.2. The van der Waals surface area contributed by atoms with Gasteiger partial charge in [0.15, 0.2) is 0 Å². The van der Waals surface area contributed by atoms with Crippen molar-refractivity contribution in [3.63, 3.8) is 0 Å². The van der Waals surface area contributed by atoms with E-state index in [0.717, 1.165) is 0 Å². The van der Waals surface area contributed by atoms with Gasteiger partial charge in [-0.2, -0.15) is 13.2 Å². The van der Waals surface area contributed by atoms with E-state index in [9.17, 15) is 27.6 Å². The molecule has 0 spiro atoms. The first kappa shape index (κ1) is 19.0. The summed E-state index contributed by atoms with van der Waals surface area (Å²) in [6, 6.07) is 11.0. The quantitative estimate of drug-likeness (QED) is 0.642. The molecule has 6 nitrogen and oxygen atoms in total. The molecule has 2 rings (SSSR count). The van der Waals surface area contributed by atoms with Crippen LogP contribution >= 0.6 is 0 Å². The zero-order chi connectivity index (χ0) is 19.3. The van der Waals surface area contributed by atoms with Crippen LogP contribution in [0.4, 0.5) is 24.5 Å². The van der Waals surface area contributed by atoms with Gasteiger partial charge in [-0.05, 0) is 42.5 Å². The van der Waals surface area contributed by atoms with Crippen LogP contribution in [-0.2, 0) is 9.59 Å². The number of anilines is 2. The smallest absolute Gasteiger partial charge is 0.427 e. The normalized spacial score (nSPS) is 10.8. The lowest BCUT2D eigenvalue weighted by atomic mass is 10.2. The number of hydrogen-bond donors (Lipinski definition) is 2. The van der Waals surface area contributed by atoms with Crippen LogP contribution in [0, 0.1) is 0 Å². The molecule has 0 saturated carbocycles. The number of nitrogens with one attached hydrogen (secondary N) is 2. The van der Waals surface area contributed by atoms with Crippen molar-refractivity contribution in [1.82, 2.24) is 0 Å². The molecule has 2 aromatic carbocycles. The Balaban J connectivity index is 2.03. The fourth-order valence-corrected chi connectivity index (χ4v) is 1.91. The van der Waals surface area contributed by atoms with Crippen molar-refractivity contribution < 1.29 is 32.3 Å². The molecule has 0 fully saturated rings. The molecule has 0 aliphatic rings. The Kier molecular flexibility index (Phi) is 5.61. The van der Waals surface area contributed by atoms with Gasteiger partial charge in [-0.25, -0.2) is 0 Å². The topological polar surface area (TPSA) is 84.5 Å². The van der Waals surface area contributed by atoms with Crippen LogP contribution in [0.25, 0.3) is 0 Å². The first-order chi connectivity index (χ1) is 12.1. The number of halogens is 3. The van der Waals surface area contributed by atoms with E-state index in [1.807, 2.05) is 0 Å². The van der Waals surface area contributed by atoms with Crippen molar-refractivity contribution in [3.8, 4) is 5.75 Å². The molecular formula is C17H13F3N2O4. The van der Waals surface area contributed by atoms with E-state index in [4.69, 9.17) is 4.74 Å². The van der Waals surface area contributed by atoms with Crippen LogP contribution in [0.15, 0.2) is 48.5 Å². The van der Waals surface area contributed by atoms with E-state index < -0.39 is 24.0 Å². The molecule has 0 unspecified atom stereocenters. The number of carbonyl (C=O) groups is 3. The van der Waals surface area contributed by atoms with Crippen molar-refractivity contribution >= 4 is 29.2 Å². The average Bonchev–Trinajstić information content (AvgIpc) is 2.55. The summed E-state index contributed by atoms with van der Waals surface area (Å²) in [4.78, 5) is 34.0. The van der Waals surface area contributed by atoms with Gasteiger partial charge < -0.3 is 15.4 Å². The first-order valence-corrected chi connectivity index (χ1v) is 7.23. The summed E-state index contributed by atoms with van der Waals surface area (Å²) < 4.78 is 41.4. The van der Waals surface area contributed by atoms with Gasteiger partial charge >= 0.3 is 18.1 Å². The van der Waals surface area contributed by atoms with Gasteiger partial charge in [-0.3, -0.25) is 14.4 Å². The SMILES string of the molecule is CC(=O)Oc1cccc(C(=O)Nc2ccc(NC(=O)C(F)(F)F)cc2)c1. The van der Waals surface area contributed by atoms with E-state index in [0.29, 0.717) is 5.69 Å². The predicted octanol–water partition coefficient (Wildman–Crippen LogP) is 3.37. The average molecular weight is 366 g/mol. The number of hydrogen-bond acceptors (Lipinski definition) is 4. The predicted molar refractivity (Wildman–Crippen MR) is 86.8 cm³/mol. The van der Waals surface area contributed by atoms with Crippen LogP contribution in [0.2, 0.25) is 0 Å². The Morgan fingerprint density at radius 1 is 0.923 bits per heavy atom. The molecule has 0 atom stereocenters. The number of benzene rings is 2. The number of amides is 2. The van der Waals surface area contributed by atoms with Crippen molar-refractivity contribution in [2.75, 3.05) is 10.6 Å². The zero-order valence-electron chi connectivity index (χ0n) is 13.4. The molecule has 0 saturated heterocycles. The third-order valence-electron chi connectivity index (χ3n) is 3.02.